The number of carbonyl (C=O) groups is 1. The van der Waals surface area contributed by atoms with E-state index in [9.17, 15) is 4.79 Å². The number of benzene rings is 1. The Morgan fingerprint density at radius 3 is 2.57 bits per heavy atom. The zero-order valence-electron chi connectivity index (χ0n) is 13.8. The number of hydrogen-bond acceptors (Lipinski definition) is 3. The molecule has 0 unspecified atom stereocenters. The Morgan fingerprint density at radius 1 is 1.33 bits per heavy atom. The number of unbranched alkanes of at least 4 members (excludes halogenated alkanes) is 1. The van der Waals surface area contributed by atoms with Crippen molar-refractivity contribution < 1.29 is 14.3 Å². The summed E-state index contributed by atoms with van der Waals surface area (Å²) < 4.78 is 10.9. The van der Waals surface area contributed by atoms with Crippen molar-refractivity contribution in [2.24, 2.45) is 0 Å². The molecule has 1 rings (SSSR count). The van der Waals surface area contributed by atoms with Crippen LogP contribution in [0, 0.1) is 6.92 Å². The number of aryl methyl sites for hydroxylation is 1. The van der Waals surface area contributed by atoms with Crippen LogP contribution in [-0.4, -0.2) is 25.2 Å². The molecular weight excluding hydrogens is 266 g/mol. The summed E-state index contributed by atoms with van der Waals surface area (Å²) in [6.45, 7) is 8.48. The number of nitrogens with one attached hydrogen (secondary N) is 1. The van der Waals surface area contributed by atoms with Gasteiger partial charge in [-0.3, -0.25) is 4.79 Å². The van der Waals surface area contributed by atoms with Crippen molar-refractivity contribution in [3.8, 4) is 5.75 Å². The third-order valence-corrected chi connectivity index (χ3v) is 3.67. The standard InChI is InChI=1S/C17H27NO3/c1-6-8-11-17(4,20-5)16(19)18-14-9-10-15(21-7-2)13(3)12-14/h9-10,12H,6-8,11H2,1-5H3,(H,18,19)/t17-/m0/s1. The number of methoxy groups -OCH3 is 1. The number of rotatable bonds is 8. The fraction of sp³-hybridized carbons (Fsp3) is 0.588. The Labute approximate surface area is 127 Å². The van der Waals surface area contributed by atoms with Crippen molar-refractivity contribution in [1.82, 2.24) is 0 Å². The van der Waals surface area contributed by atoms with Crippen LogP contribution in [0.3, 0.4) is 0 Å². The number of carbonyl (C=O) groups excluding carboxylic acids is 1. The van der Waals surface area contributed by atoms with Gasteiger partial charge in [-0.05, 0) is 51.0 Å². The summed E-state index contributed by atoms with van der Waals surface area (Å²) in [5, 5.41) is 2.93. The highest BCUT2D eigenvalue weighted by molar-refractivity contribution is 5.97. The predicted molar refractivity (Wildman–Crippen MR) is 85.9 cm³/mol. The van der Waals surface area contributed by atoms with Gasteiger partial charge in [0.1, 0.15) is 11.4 Å². The van der Waals surface area contributed by atoms with E-state index in [0.717, 1.165) is 29.8 Å². The maximum atomic E-state index is 12.4. The third-order valence-electron chi connectivity index (χ3n) is 3.67. The lowest BCUT2D eigenvalue weighted by molar-refractivity contribution is -0.136. The van der Waals surface area contributed by atoms with Crippen LogP contribution in [-0.2, 0) is 9.53 Å². The molecule has 0 aromatic heterocycles. The van der Waals surface area contributed by atoms with Gasteiger partial charge in [0.05, 0.1) is 6.61 Å². The normalized spacial score (nSPS) is 13.6. The second-order valence-electron chi connectivity index (χ2n) is 5.41. The van der Waals surface area contributed by atoms with Gasteiger partial charge < -0.3 is 14.8 Å². The SMILES string of the molecule is CCCC[C@](C)(OC)C(=O)Nc1ccc(OCC)c(C)c1. The maximum absolute atomic E-state index is 12.4. The predicted octanol–water partition coefficient (Wildman–Crippen LogP) is 3.93. The Bertz CT molecular complexity index is 473. The zero-order valence-corrected chi connectivity index (χ0v) is 13.8. The quantitative estimate of drug-likeness (QED) is 0.790. The largest absolute Gasteiger partial charge is 0.494 e. The van der Waals surface area contributed by atoms with Crippen molar-refractivity contribution in [2.45, 2.75) is 52.6 Å². The van der Waals surface area contributed by atoms with Crippen LogP contribution < -0.4 is 10.1 Å². The van der Waals surface area contributed by atoms with Gasteiger partial charge in [0.15, 0.2) is 0 Å². The van der Waals surface area contributed by atoms with Crippen LogP contribution >= 0.6 is 0 Å². The number of hydrogen-bond donors (Lipinski definition) is 1. The van der Waals surface area contributed by atoms with Crippen LogP contribution in [0.4, 0.5) is 5.69 Å². The summed E-state index contributed by atoms with van der Waals surface area (Å²) in [7, 11) is 1.58. The Balaban J connectivity index is 2.79. The van der Waals surface area contributed by atoms with Crippen molar-refractivity contribution in [1.29, 1.82) is 0 Å². The van der Waals surface area contributed by atoms with Gasteiger partial charge in [-0.15, -0.1) is 0 Å². The molecule has 1 amide bonds. The van der Waals surface area contributed by atoms with E-state index in [0.29, 0.717) is 13.0 Å². The molecule has 0 fully saturated rings. The molecule has 21 heavy (non-hydrogen) atoms. The molecule has 0 aliphatic rings. The van der Waals surface area contributed by atoms with E-state index in [1.165, 1.54) is 0 Å². The van der Waals surface area contributed by atoms with Gasteiger partial charge in [-0.25, -0.2) is 0 Å². The topological polar surface area (TPSA) is 47.6 Å². The molecular formula is C17H27NO3. The smallest absolute Gasteiger partial charge is 0.256 e. The van der Waals surface area contributed by atoms with Crippen LogP contribution in [0.2, 0.25) is 0 Å². The first-order chi connectivity index (χ1) is 9.96. The molecule has 0 saturated carbocycles. The number of anilines is 1. The molecule has 0 heterocycles. The molecule has 0 spiro atoms. The Kier molecular flexibility index (Phi) is 6.69. The highest BCUT2D eigenvalue weighted by Crippen LogP contribution is 2.24. The molecule has 118 valence electrons. The minimum Gasteiger partial charge on any atom is -0.494 e. The lowest BCUT2D eigenvalue weighted by Gasteiger charge is -2.27. The molecule has 1 N–H and O–H groups in total. The molecule has 1 aromatic rings. The van der Waals surface area contributed by atoms with Crippen molar-refractivity contribution in [3.05, 3.63) is 23.8 Å². The lowest BCUT2D eigenvalue weighted by atomic mass is 9.97. The Hall–Kier alpha value is -1.55. The first-order valence-electron chi connectivity index (χ1n) is 7.57. The second kappa shape index (κ2) is 8.03. The summed E-state index contributed by atoms with van der Waals surface area (Å²) in [5.41, 5.74) is 0.978. The fourth-order valence-corrected chi connectivity index (χ4v) is 2.13. The van der Waals surface area contributed by atoms with E-state index >= 15 is 0 Å². The molecule has 1 atom stereocenters. The highest BCUT2D eigenvalue weighted by Gasteiger charge is 2.32. The molecule has 0 aliphatic heterocycles. The van der Waals surface area contributed by atoms with E-state index in [2.05, 4.69) is 12.2 Å². The molecule has 4 nitrogen and oxygen atoms in total. The molecule has 0 radical (unpaired) electrons. The molecule has 1 aromatic carbocycles. The summed E-state index contributed by atoms with van der Waals surface area (Å²) in [6, 6.07) is 5.65. The van der Waals surface area contributed by atoms with E-state index in [-0.39, 0.29) is 5.91 Å². The Morgan fingerprint density at radius 2 is 2.05 bits per heavy atom. The lowest BCUT2D eigenvalue weighted by Crippen LogP contribution is -2.41. The number of ether oxygens (including phenoxy) is 2. The van der Waals surface area contributed by atoms with Gasteiger partial charge in [-0.1, -0.05) is 19.8 Å². The van der Waals surface area contributed by atoms with Crippen LogP contribution in [0.1, 0.15) is 45.6 Å². The second-order valence-corrected chi connectivity index (χ2v) is 5.41. The summed E-state index contributed by atoms with van der Waals surface area (Å²) in [4.78, 5) is 12.4. The van der Waals surface area contributed by atoms with E-state index in [4.69, 9.17) is 9.47 Å². The minimum absolute atomic E-state index is 0.109. The van der Waals surface area contributed by atoms with E-state index in [1.54, 1.807) is 7.11 Å². The van der Waals surface area contributed by atoms with Crippen molar-refractivity contribution >= 4 is 11.6 Å². The van der Waals surface area contributed by atoms with Crippen LogP contribution in [0.25, 0.3) is 0 Å². The van der Waals surface area contributed by atoms with Crippen LogP contribution in [0.5, 0.6) is 5.75 Å². The van der Waals surface area contributed by atoms with Gasteiger partial charge in [0, 0.05) is 12.8 Å². The van der Waals surface area contributed by atoms with Crippen molar-refractivity contribution in [2.75, 3.05) is 19.0 Å². The van der Waals surface area contributed by atoms with Gasteiger partial charge >= 0.3 is 0 Å². The fourth-order valence-electron chi connectivity index (χ4n) is 2.13. The number of amides is 1. The van der Waals surface area contributed by atoms with Gasteiger partial charge in [0.25, 0.3) is 5.91 Å². The minimum atomic E-state index is -0.789. The van der Waals surface area contributed by atoms with Gasteiger partial charge in [0.2, 0.25) is 0 Å². The first kappa shape index (κ1) is 17.5. The maximum Gasteiger partial charge on any atom is 0.256 e. The first-order valence-corrected chi connectivity index (χ1v) is 7.57. The monoisotopic (exact) mass is 293 g/mol. The van der Waals surface area contributed by atoms with E-state index < -0.39 is 5.60 Å². The molecule has 4 heteroatoms. The van der Waals surface area contributed by atoms with Crippen LogP contribution in [0.15, 0.2) is 18.2 Å². The average molecular weight is 293 g/mol. The molecule has 0 bridgehead atoms. The average Bonchev–Trinajstić information content (AvgIpc) is 2.47. The van der Waals surface area contributed by atoms with Gasteiger partial charge in [-0.2, -0.15) is 0 Å². The summed E-state index contributed by atoms with van der Waals surface area (Å²) in [5.74, 6) is 0.734. The van der Waals surface area contributed by atoms with E-state index in [1.807, 2.05) is 39.0 Å². The molecule has 0 aliphatic carbocycles. The van der Waals surface area contributed by atoms with Crippen molar-refractivity contribution in [3.63, 3.8) is 0 Å². The highest BCUT2D eigenvalue weighted by atomic mass is 16.5. The summed E-state index contributed by atoms with van der Waals surface area (Å²) in [6.07, 6.45) is 2.70. The zero-order chi connectivity index (χ0) is 15.9. The summed E-state index contributed by atoms with van der Waals surface area (Å²) >= 11 is 0. The third kappa shape index (κ3) is 4.74. The molecule has 0 saturated heterocycles.